The highest BCUT2D eigenvalue weighted by molar-refractivity contribution is 5.85. The molecule has 1 amide bonds. The Bertz CT molecular complexity index is 714. The molecule has 2 N–H and O–H groups in total. The number of carboxylic acids is 1. The fourth-order valence-corrected chi connectivity index (χ4v) is 4.50. The second-order valence-electron chi connectivity index (χ2n) is 7.51. The summed E-state index contributed by atoms with van der Waals surface area (Å²) in [6, 6.07) is 5.71. The van der Waals surface area contributed by atoms with Crippen molar-refractivity contribution in [3.8, 4) is 11.5 Å². The average Bonchev–Trinajstić information content (AvgIpc) is 3.19. The molecule has 156 valence electrons. The third kappa shape index (κ3) is 4.52. The number of amides is 1. The number of carbonyl (C=O) groups is 2. The predicted octanol–water partition coefficient (Wildman–Crippen LogP) is 1.97. The average molecular weight is 413 g/mol. The van der Waals surface area contributed by atoms with E-state index >= 15 is 0 Å². The van der Waals surface area contributed by atoms with Gasteiger partial charge in [-0.2, -0.15) is 0 Å². The van der Waals surface area contributed by atoms with E-state index in [1.54, 1.807) is 14.2 Å². The summed E-state index contributed by atoms with van der Waals surface area (Å²) in [5, 5.41) is 12.6. The summed E-state index contributed by atoms with van der Waals surface area (Å²) in [5.41, 5.74) is 0.411. The molecule has 1 aliphatic carbocycles. The molecule has 0 bridgehead atoms. The molecular formula is C20H29ClN2O5. The van der Waals surface area contributed by atoms with Crippen LogP contribution >= 0.6 is 12.4 Å². The summed E-state index contributed by atoms with van der Waals surface area (Å²) in [5.74, 6) is 0.757. The number of hydrogen-bond donors (Lipinski definition) is 2. The molecule has 3 rings (SSSR count). The number of fused-ring (bicyclic) bond motifs is 1. The number of nitrogens with zero attached hydrogens (tertiary/aromatic N) is 1. The Morgan fingerprint density at radius 2 is 2.04 bits per heavy atom. The van der Waals surface area contributed by atoms with Gasteiger partial charge < -0.3 is 19.9 Å². The van der Waals surface area contributed by atoms with Gasteiger partial charge in [-0.1, -0.05) is 12.5 Å². The van der Waals surface area contributed by atoms with Crippen molar-refractivity contribution in [1.82, 2.24) is 10.2 Å². The van der Waals surface area contributed by atoms with E-state index in [1.165, 1.54) is 0 Å². The van der Waals surface area contributed by atoms with Gasteiger partial charge in [0.15, 0.2) is 11.5 Å². The number of likely N-dealkylation sites (tertiary alicyclic amines) is 1. The van der Waals surface area contributed by atoms with E-state index in [4.69, 9.17) is 9.47 Å². The lowest BCUT2D eigenvalue weighted by molar-refractivity contribution is -0.149. The lowest BCUT2D eigenvalue weighted by Gasteiger charge is -2.23. The van der Waals surface area contributed by atoms with E-state index in [1.807, 2.05) is 23.1 Å². The lowest BCUT2D eigenvalue weighted by atomic mass is 9.81. The van der Waals surface area contributed by atoms with E-state index in [0.29, 0.717) is 37.6 Å². The van der Waals surface area contributed by atoms with E-state index in [9.17, 15) is 14.7 Å². The largest absolute Gasteiger partial charge is 0.493 e. The first-order chi connectivity index (χ1) is 13.0. The number of carboxylic acid groups (broad SMARTS) is 1. The second-order valence-corrected chi connectivity index (χ2v) is 7.51. The molecule has 2 aliphatic rings. The summed E-state index contributed by atoms with van der Waals surface area (Å²) in [6.45, 7) is 1.97. The van der Waals surface area contributed by atoms with Gasteiger partial charge in [0.25, 0.3) is 0 Å². The minimum atomic E-state index is -0.707. The van der Waals surface area contributed by atoms with Gasteiger partial charge in [0.05, 0.1) is 26.2 Å². The molecule has 2 atom stereocenters. The van der Waals surface area contributed by atoms with Gasteiger partial charge in [0.1, 0.15) is 0 Å². The monoisotopic (exact) mass is 412 g/mol. The van der Waals surface area contributed by atoms with Gasteiger partial charge in [-0.15, -0.1) is 12.4 Å². The number of ether oxygens (including phenoxy) is 2. The first kappa shape index (κ1) is 22.3. The lowest BCUT2D eigenvalue weighted by Crippen LogP contribution is -2.39. The first-order valence-electron chi connectivity index (χ1n) is 9.42. The molecule has 1 aromatic carbocycles. The van der Waals surface area contributed by atoms with Crippen LogP contribution in [-0.2, 0) is 16.0 Å². The molecule has 1 aromatic rings. The van der Waals surface area contributed by atoms with Crippen LogP contribution in [0.5, 0.6) is 11.5 Å². The number of nitrogens with one attached hydrogen (secondary N) is 1. The summed E-state index contributed by atoms with van der Waals surface area (Å²) in [4.78, 5) is 26.0. The number of benzene rings is 1. The normalized spacial score (nSPS) is 23.6. The van der Waals surface area contributed by atoms with Gasteiger partial charge in [0, 0.05) is 19.6 Å². The summed E-state index contributed by atoms with van der Waals surface area (Å²) < 4.78 is 10.5. The number of aliphatic carboxylic acids is 1. The highest BCUT2D eigenvalue weighted by Crippen LogP contribution is 2.48. The molecule has 1 saturated carbocycles. The molecule has 1 aliphatic heterocycles. The van der Waals surface area contributed by atoms with E-state index < -0.39 is 11.4 Å². The Kier molecular flexibility index (Phi) is 7.55. The maximum absolute atomic E-state index is 12.3. The minimum absolute atomic E-state index is 0. The quantitative estimate of drug-likeness (QED) is 0.678. The van der Waals surface area contributed by atoms with Crippen LogP contribution in [0, 0.1) is 11.3 Å². The van der Waals surface area contributed by atoms with Crippen LogP contribution in [0.2, 0.25) is 0 Å². The van der Waals surface area contributed by atoms with Crippen molar-refractivity contribution in [3.63, 3.8) is 0 Å². The van der Waals surface area contributed by atoms with Gasteiger partial charge in [-0.3, -0.25) is 14.5 Å². The van der Waals surface area contributed by atoms with Crippen molar-refractivity contribution in [3.05, 3.63) is 23.8 Å². The molecule has 0 aromatic heterocycles. The van der Waals surface area contributed by atoms with Crippen molar-refractivity contribution in [1.29, 1.82) is 0 Å². The minimum Gasteiger partial charge on any atom is -0.493 e. The topological polar surface area (TPSA) is 88.1 Å². The Labute approximate surface area is 171 Å². The zero-order valence-electron chi connectivity index (χ0n) is 16.4. The Balaban J connectivity index is 0.00000280. The van der Waals surface area contributed by atoms with Crippen LogP contribution in [0.25, 0.3) is 0 Å². The van der Waals surface area contributed by atoms with E-state index in [2.05, 4.69) is 5.32 Å². The fraction of sp³-hybridized carbons (Fsp3) is 0.600. The maximum Gasteiger partial charge on any atom is 0.311 e. The summed E-state index contributed by atoms with van der Waals surface area (Å²) in [6.07, 6.45) is 3.34. The molecule has 28 heavy (non-hydrogen) atoms. The van der Waals surface area contributed by atoms with E-state index in [0.717, 1.165) is 24.8 Å². The molecule has 0 spiro atoms. The molecule has 1 saturated heterocycles. The summed E-state index contributed by atoms with van der Waals surface area (Å²) in [7, 11) is 3.19. The van der Waals surface area contributed by atoms with Crippen LogP contribution in [0.1, 0.15) is 24.8 Å². The zero-order valence-corrected chi connectivity index (χ0v) is 17.2. The summed E-state index contributed by atoms with van der Waals surface area (Å²) >= 11 is 0. The molecule has 7 nitrogen and oxygen atoms in total. The SMILES string of the molecule is COc1ccc(CCNC(=O)CN2C[C@@H]3CCC[C@@]3(C(=O)O)C2)cc1OC.Cl. The van der Waals surface area contributed by atoms with Crippen LogP contribution in [0.4, 0.5) is 0 Å². The van der Waals surface area contributed by atoms with Gasteiger partial charge in [0.2, 0.25) is 5.91 Å². The van der Waals surface area contributed by atoms with Crippen molar-refractivity contribution in [2.45, 2.75) is 25.7 Å². The number of rotatable bonds is 8. The standard InChI is InChI=1S/C20H28N2O5.ClH/c1-26-16-6-5-14(10-17(16)27-2)7-9-21-18(23)12-22-11-15-4-3-8-20(15,13-22)19(24)25;/h5-6,10,15H,3-4,7-9,11-13H2,1-2H3,(H,21,23)(H,24,25);1H/t15-,20+;/m0./s1. The third-order valence-corrected chi connectivity index (χ3v) is 5.92. The van der Waals surface area contributed by atoms with E-state index in [-0.39, 0.29) is 30.8 Å². The molecule has 8 heteroatoms. The maximum atomic E-state index is 12.3. The number of methoxy groups -OCH3 is 2. The van der Waals surface area contributed by atoms with Crippen LogP contribution in [0.15, 0.2) is 18.2 Å². The number of halogens is 1. The predicted molar refractivity (Wildman–Crippen MR) is 107 cm³/mol. The molecule has 0 unspecified atom stereocenters. The van der Waals surface area contributed by atoms with Crippen LogP contribution < -0.4 is 14.8 Å². The first-order valence-corrected chi connectivity index (χ1v) is 9.42. The van der Waals surface area contributed by atoms with Crippen LogP contribution in [-0.4, -0.2) is 62.3 Å². The highest BCUT2D eigenvalue weighted by Gasteiger charge is 2.54. The zero-order chi connectivity index (χ0) is 19.4. The second kappa shape index (κ2) is 9.47. The number of hydrogen-bond acceptors (Lipinski definition) is 5. The van der Waals surface area contributed by atoms with Crippen molar-refractivity contribution in [2.24, 2.45) is 11.3 Å². The van der Waals surface area contributed by atoms with Crippen molar-refractivity contribution >= 4 is 24.3 Å². The van der Waals surface area contributed by atoms with Crippen molar-refractivity contribution in [2.75, 3.05) is 40.4 Å². The van der Waals surface area contributed by atoms with Crippen molar-refractivity contribution < 1.29 is 24.2 Å². The van der Waals surface area contributed by atoms with Crippen LogP contribution in [0.3, 0.4) is 0 Å². The van der Waals surface area contributed by atoms with Gasteiger partial charge in [-0.25, -0.2) is 0 Å². The van der Waals surface area contributed by atoms with Gasteiger partial charge in [-0.05, 0) is 42.9 Å². The Morgan fingerprint density at radius 3 is 2.68 bits per heavy atom. The molecule has 2 fully saturated rings. The smallest absolute Gasteiger partial charge is 0.311 e. The Hall–Kier alpha value is -1.99. The molecule has 1 heterocycles. The Morgan fingerprint density at radius 1 is 1.29 bits per heavy atom. The molecule has 0 radical (unpaired) electrons. The van der Waals surface area contributed by atoms with Gasteiger partial charge >= 0.3 is 5.97 Å². The fourth-order valence-electron chi connectivity index (χ4n) is 4.50. The number of carbonyl (C=O) groups excluding carboxylic acids is 1. The highest BCUT2D eigenvalue weighted by atomic mass is 35.5. The third-order valence-electron chi connectivity index (χ3n) is 5.92. The molecular weight excluding hydrogens is 384 g/mol.